The molecule has 0 aliphatic carbocycles. The Balaban J connectivity index is 4.04. The highest BCUT2D eigenvalue weighted by atomic mass is 16.7. The summed E-state index contributed by atoms with van der Waals surface area (Å²) in [7, 11) is 0. The highest BCUT2D eigenvalue weighted by Gasteiger charge is 2.19. The van der Waals surface area contributed by atoms with Gasteiger partial charge in [0.05, 0.1) is 0 Å². The molecule has 0 saturated heterocycles. The highest BCUT2D eigenvalue weighted by Crippen LogP contribution is 2.17. The largest absolute Gasteiger partial charge is 0.508 e. The van der Waals surface area contributed by atoms with Crippen molar-refractivity contribution in [1.29, 1.82) is 0 Å². The maximum atomic E-state index is 12.3. The molecule has 0 radical (unpaired) electrons. The Kier molecular flexibility index (Phi) is 24.2. The van der Waals surface area contributed by atoms with Gasteiger partial charge in [0.15, 0.2) is 0 Å². The van der Waals surface area contributed by atoms with E-state index in [0.29, 0.717) is 12.8 Å². The summed E-state index contributed by atoms with van der Waals surface area (Å²) < 4.78 is 11.0. The minimum absolute atomic E-state index is 0.00723. The number of rotatable bonds is 24. The minimum Gasteiger partial charge on any atom is -0.431 e. The standard InChI is InChI=1S/C27H54O5/c1-3-5-7-9-11-13-15-17-19-25(21-23-28)31-27(30)32-26(22-24-29)20-18-16-14-12-10-8-6-4-2/h25-26,28-29H,3-24H2,1-2H3. The van der Waals surface area contributed by atoms with E-state index in [9.17, 15) is 15.0 Å². The molecule has 0 aromatic heterocycles. The lowest BCUT2D eigenvalue weighted by Gasteiger charge is -2.20. The normalized spacial score (nSPS) is 13.1. The van der Waals surface area contributed by atoms with Crippen LogP contribution in [-0.2, 0) is 9.47 Å². The summed E-state index contributed by atoms with van der Waals surface area (Å²) in [5, 5.41) is 18.6. The maximum Gasteiger partial charge on any atom is 0.508 e. The molecule has 0 bridgehead atoms. The number of ether oxygens (including phenoxy) is 2. The zero-order chi connectivity index (χ0) is 23.7. The Bertz CT molecular complexity index is 354. The van der Waals surface area contributed by atoms with Gasteiger partial charge in [-0.15, -0.1) is 0 Å². The molecule has 0 saturated carbocycles. The molecule has 0 amide bonds. The SMILES string of the molecule is CCCCCCCCCCC(CCO)OC(=O)OC(CCO)CCCCCCCCCC. The van der Waals surface area contributed by atoms with Crippen LogP contribution in [-0.4, -0.2) is 41.8 Å². The molecule has 0 aromatic carbocycles. The van der Waals surface area contributed by atoms with Gasteiger partial charge in [0.1, 0.15) is 12.2 Å². The van der Waals surface area contributed by atoms with Crippen molar-refractivity contribution < 1.29 is 24.5 Å². The quantitative estimate of drug-likeness (QED) is 0.114. The molecule has 0 aromatic rings. The Morgan fingerprint density at radius 3 is 1.16 bits per heavy atom. The van der Waals surface area contributed by atoms with Gasteiger partial charge in [-0.3, -0.25) is 0 Å². The molecule has 0 fully saturated rings. The van der Waals surface area contributed by atoms with Crippen LogP contribution in [0.15, 0.2) is 0 Å². The molecule has 0 aliphatic heterocycles. The van der Waals surface area contributed by atoms with Crippen LogP contribution in [0, 0.1) is 0 Å². The molecule has 0 heterocycles. The lowest BCUT2D eigenvalue weighted by molar-refractivity contribution is -0.0175. The van der Waals surface area contributed by atoms with Gasteiger partial charge in [0, 0.05) is 26.1 Å². The second-order valence-electron chi connectivity index (χ2n) is 9.28. The zero-order valence-corrected chi connectivity index (χ0v) is 21.3. The van der Waals surface area contributed by atoms with E-state index in [0.717, 1.165) is 38.5 Å². The molecule has 0 spiro atoms. The Morgan fingerprint density at radius 2 is 0.844 bits per heavy atom. The van der Waals surface area contributed by atoms with Crippen LogP contribution < -0.4 is 0 Å². The van der Waals surface area contributed by atoms with Crippen LogP contribution in [0.25, 0.3) is 0 Å². The summed E-state index contributed by atoms with van der Waals surface area (Å²) in [6.45, 7) is 4.48. The topological polar surface area (TPSA) is 76.0 Å². The average molecular weight is 459 g/mol. The highest BCUT2D eigenvalue weighted by molar-refractivity contribution is 5.60. The molecule has 5 nitrogen and oxygen atoms in total. The Hall–Kier alpha value is -0.810. The fraction of sp³-hybridized carbons (Fsp3) is 0.963. The van der Waals surface area contributed by atoms with Crippen molar-refractivity contribution in [3.63, 3.8) is 0 Å². The molecule has 0 aliphatic rings. The maximum absolute atomic E-state index is 12.3. The minimum atomic E-state index is -0.652. The van der Waals surface area contributed by atoms with E-state index in [4.69, 9.17) is 9.47 Å². The number of hydrogen-bond donors (Lipinski definition) is 2. The van der Waals surface area contributed by atoms with Gasteiger partial charge in [0.2, 0.25) is 0 Å². The van der Waals surface area contributed by atoms with Crippen LogP contribution in [0.3, 0.4) is 0 Å². The summed E-state index contributed by atoms with van der Waals surface area (Å²) in [6, 6.07) is 0. The van der Waals surface area contributed by atoms with Gasteiger partial charge < -0.3 is 19.7 Å². The molecule has 2 atom stereocenters. The van der Waals surface area contributed by atoms with Crippen molar-refractivity contribution in [3.8, 4) is 0 Å². The number of carbonyl (C=O) groups is 1. The van der Waals surface area contributed by atoms with Crippen molar-refractivity contribution in [1.82, 2.24) is 0 Å². The van der Waals surface area contributed by atoms with E-state index in [1.165, 1.54) is 77.0 Å². The van der Waals surface area contributed by atoms with Crippen LogP contribution in [0.2, 0.25) is 0 Å². The van der Waals surface area contributed by atoms with Gasteiger partial charge in [-0.25, -0.2) is 4.79 Å². The van der Waals surface area contributed by atoms with Crippen LogP contribution in [0.1, 0.15) is 142 Å². The second-order valence-corrected chi connectivity index (χ2v) is 9.28. The van der Waals surface area contributed by atoms with E-state index in [1.807, 2.05) is 0 Å². The van der Waals surface area contributed by atoms with E-state index in [-0.39, 0.29) is 25.4 Å². The lowest BCUT2D eigenvalue weighted by atomic mass is 10.0. The molecular formula is C27H54O5. The van der Waals surface area contributed by atoms with Gasteiger partial charge in [0.25, 0.3) is 0 Å². The summed E-state index contributed by atoms with van der Waals surface area (Å²) in [5.41, 5.74) is 0. The molecule has 2 N–H and O–H groups in total. The average Bonchev–Trinajstić information content (AvgIpc) is 2.77. The fourth-order valence-corrected chi connectivity index (χ4v) is 4.12. The lowest BCUT2D eigenvalue weighted by Crippen LogP contribution is -2.25. The first-order chi connectivity index (χ1) is 15.7. The number of carbonyl (C=O) groups excluding carboxylic acids is 1. The number of unbranched alkanes of at least 4 members (excludes halogenated alkanes) is 14. The van der Waals surface area contributed by atoms with Crippen LogP contribution >= 0.6 is 0 Å². The van der Waals surface area contributed by atoms with Crippen molar-refractivity contribution in [2.75, 3.05) is 13.2 Å². The first kappa shape index (κ1) is 31.2. The van der Waals surface area contributed by atoms with E-state index in [1.54, 1.807) is 0 Å². The van der Waals surface area contributed by atoms with Crippen molar-refractivity contribution in [3.05, 3.63) is 0 Å². The van der Waals surface area contributed by atoms with Crippen molar-refractivity contribution in [2.45, 2.75) is 154 Å². The zero-order valence-electron chi connectivity index (χ0n) is 21.3. The third kappa shape index (κ3) is 21.1. The molecule has 32 heavy (non-hydrogen) atoms. The number of aliphatic hydroxyl groups is 2. The summed E-state index contributed by atoms with van der Waals surface area (Å²) in [5.74, 6) is 0. The predicted molar refractivity (Wildman–Crippen MR) is 133 cm³/mol. The van der Waals surface area contributed by atoms with Gasteiger partial charge in [-0.1, -0.05) is 104 Å². The molecule has 5 heteroatoms. The first-order valence-corrected chi connectivity index (χ1v) is 13.8. The monoisotopic (exact) mass is 458 g/mol. The van der Waals surface area contributed by atoms with E-state index < -0.39 is 6.16 Å². The van der Waals surface area contributed by atoms with Gasteiger partial charge in [-0.05, 0) is 25.7 Å². The predicted octanol–water partition coefficient (Wildman–Crippen LogP) is 7.70. The summed E-state index contributed by atoms with van der Waals surface area (Å²) in [4.78, 5) is 12.3. The Morgan fingerprint density at radius 1 is 0.531 bits per heavy atom. The number of hydrogen-bond acceptors (Lipinski definition) is 5. The summed E-state index contributed by atoms with van der Waals surface area (Å²) >= 11 is 0. The molecule has 0 rings (SSSR count). The van der Waals surface area contributed by atoms with Gasteiger partial charge >= 0.3 is 6.16 Å². The Labute approximate surface area is 198 Å². The van der Waals surface area contributed by atoms with Crippen molar-refractivity contribution >= 4 is 6.16 Å². The van der Waals surface area contributed by atoms with Crippen LogP contribution in [0.4, 0.5) is 4.79 Å². The smallest absolute Gasteiger partial charge is 0.431 e. The molecule has 192 valence electrons. The molecule has 2 unspecified atom stereocenters. The number of aliphatic hydroxyl groups excluding tert-OH is 2. The summed E-state index contributed by atoms with van der Waals surface area (Å²) in [6.07, 6.45) is 20.9. The van der Waals surface area contributed by atoms with Crippen molar-refractivity contribution in [2.24, 2.45) is 0 Å². The second kappa shape index (κ2) is 24.8. The third-order valence-electron chi connectivity index (χ3n) is 6.19. The van der Waals surface area contributed by atoms with E-state index >= 15 is 0 Å². The van der Waals surface area contributed by atoms with E-state index in [2.05, 4.69) is 13.8 Å². The molecular weight excluding hydrogens is 404 g/mol. The fourth-order valence-electron chi connectivity index (χ4n) is 4.12. The van der Waals surface area contributed by atoms with Gasteiger partial charge in [-0.2, -0.15) is 0 Å². The van der Waals surface area contributed by atoms with Crippen LogP contribution in [0.5, 0.6) is 0 Å². The third-order valence-corrected chi connectivity index (χ3v) is 6.19. The first-order valence-electron chi connectivity index (χ1n) is 13.8.